The van der Waals surface area contributed by atoms with Crippen LogP contribution in [0.25, 0.3) is 0 Å². The van der Waals surface area contributed by atoms with Crippen LogP contribution in [0.15, 0.2) is 54.6 Å². The Labute approximate surface area is 140 Å². The molecule has 2 aromatic carbocycles. The van der Waals surface area contributed by atoms with Crippen LogP contribution in [0.3, 0.4) is 0 Å². The Morgan fingerprint density at radius 2 is 1.83 bits per heavy atom. The van der Waals surface area contributed by atoms with Gasteiger partial charge in [0, 0.05) is 11.1 Å². The summed E-state index contributed by atoms with van der Waals surface area (Å²) in [6.07, 6.45) is 5.35. The van der Waals surface area contributed by atoms with Gasteiger partial charge in [0.1, 0.15) is 0 Å². The molecule has 4 heteroatoms. The summed E-state index contributed by atoms with van der Waals surface area (Å²) < 4.78 is 0. The Morgan fingerprint density at radius 3 is 2.50 bits per heavy atom. The lowest BCUT2D eigenvalue weighted by Crippen LogP contribution is -2.47. The predicted octanol–water partition coefficient (Wildman–Crippen LogP) is 2.37. The van der Waals surface area contributed by atoms with Crippen molar-refractivity contribution in [3.63, 3.8) is 0 Å². The molecule has 0 saturated heterocycles. The smallest absolute Gasteiger partial charge is 0.265 e. The average molecular weight is 319 g/mol. The zero-order chi connectivity index (χ0) is 17.3. The Morgan fingerprint density at radius 1 is 1.21 bits per heavy atom. The van der Waals surface area contributed by atoms with Gasteiger partial charge < -0.3 is 5.11 Å². The maximum Gasteiger partial charge on any atom is 0.265 e. The van der Waals surface area contributed by atoms with E-state index < -0.39 is 17.4 Å². The van der Waals surface area contributed by atoms with Crippen LogP contribution in [0, 0.1) is 18.3 Å². The molecule has 1 N–H and O–H groups in total. The number of para-hydroxylation sites is 1. The van der Waals surface area contributed by atoms with Crippen LogP contribution >= 0.6 is 0 Å². The second-order valence-corrected chi connectivity index (χ2v) is 5.83. The molecular weight excluding hydrogens is 302 g/mol. The first kappa shape index (κ1) is 16.0. The van der Waals surface area contributed by atoms with Gasteiger partial charge in [-0.05, 0) is 6.07 Å². The fraction of sp³-hybridized carbons (Fsp3) is 0.200. The molecule has 24 heavy (non-hydrogen) atoms. The zero-order valence-corrected chi connectivity index (χ0v) is 13.3. The minimum absolute atomic E-state index is 0.0460. The molecule has 3 rings (SSSR count). The third-order valence-electron chi connectivity index (χ3n) is 4.50. The number of terminal acetylenes is 1. The zero-order valence-electron chi connectivity index (χ0n) is 13.3. The minimum atomic E-state index is -1.92. The summed E-state index contributed by atoms with van der Waals surface area (Å²) in [5, 5.41) is 11.2. The average Bonchev–Trinajstić information content (AvgIpc) is 2.85. The van der Waals surface area contributed by atoms with Crippen molar-refractivity contribution < 1.29 is 14.7 Å². The number of nitrogens with zero attached hydrogens (tertiary/aromatic N) is 1. The van der Waals surface area contributed by atoms with Crippen molar-refractivity contribution in [1.29, 1.82) is 0 Å². The highest BCUT2D eigenvalue weighted by Crippen LogP contribution is 2.45. The molecule has 1 aliphatic rings. The van der Waals surface area contributed by atoms with Crippen molar-refractivity contribution >= 4 is 17.4 Å². The number of hydrogen-bond donors (Lipinski definition) is 1. The quantitative estimate of drug-likeness (QED) is 0.695. The molecule has 0 spiro atoms. The van der Waals surface area contributed by atoms with E-state index in [1.54, 1.807) is 61.5 Å². The second-order valence-electron chi connectivity index (χ2n) is 5.83. The fourth-order valence-electron chi connectivity index (χ4n) is 3.17. The van der Waals surface area contributed by atoms with Crippen LogP contribution in [0.4, 0.5) is 5.69 Å². The number of carbonyl (C=O) groups excluding carboxylic acids is 2. The van der Waals surface area contributed by atoms with E-state index in [0.29, 0.717) is 16.8 Å². The molecule has 0 unspecified atom stereocenters. The van der Waals surface area contributed by atoms with Gasteiger partial charge in [-0.3, -0.25) is 14.5 Å². The SMILES string of the molecule is C#CCN1C(=O)[C@@](O)([C@H](C)C(=O)c2ccccc2)c2ccccc21. The van der Waals surface area contributed by atoms with Gasteiger partial charge in [0.25, 0.3) is 5.91 Å². The first-order valence-electron chi connectivity index (χ1n) is 7.68. The number of benzene rings is 2. The Bertz CT molecular complexity index is 837. The lowest BCUT2D eigenvalue weighted by Gasteiger charge is -2.28. The van der Waals surface area contributed by atoms with Gasteiger partial charge >= 0.3 is 0 Å². The molecule has 4 nitrogen and oxygen atoms in total. The maximum absolute atomic E-state index is 12.9. The summed E-state index contributed by atoms with van der Waals surface area (Å²) in [5.41, 5.74) is -0.489. The van der Waals surface area contributed by atoms with Gasteiger partial charge in [0.2, 0.25) is 0 Å². The normalized spacial score (nSPS) is 20.4. The molecule has 0 bridgehead atoms. The van der Waals surface area contributed by atoms with Crippen LogP contribution in [0.2, 0.25) is 0 Å². The van der Waals surface area contributed by atoms with E-state index in [1.165, 1.54) is 4.90 Å². The summed E-state index contributed by atoms with van der Waals surface area (Å²) in [4.78, 5) is 27.0. The van der Waals surface area contributed by atoms with E-state index in [4.69, 9.17) is 6.42 Å². The van der Waals surface area contributed by atoms with Crippen LogP contribution in [0.1, 0.15) is 22.8 Å². The highest BCUT2D eigenvalue weighted by atomic mass is 16.3. The van der Waals surface area contributed by atoms with Gasteiger partial charge in [-0.25, -0.2) is 0 Å². The lowest BCUT2D eigenvalue weighted by atomic mass is 9.79. The Balaban J connectivity index is 2.07. The van der Waals surface area contributed by atoms with Crippen molar-refractivity contribution in [2.24, 2.45) is 5.92 Å². The summed E-state index contributed by atoms with van der Waals surface area (Å²) in [7, 11) is 0. The molecule has 0 aliphatic carbocycles. The predicted molar refractivity (Wildman–Crippen MR) is 91.5 cm³/mol. The van der Waals surface area contributed by atoms with Gasteiger partial charge in [-0.2, -0.15) is 0 Å². The number of ketones is 1. The summed E-state index contributed by atoms with van der Waals surface area (Å²) in [5.74, 6) is 0.649. The van der Waals surface area contributed by atoms with Crippen LogP contribution < -0.4 is 4.90 Å². The topological polar surface area (TPSA) is 57.6 Å². The van der Waals surface area contributed by atoms with Crippen LogP contribution in [-0.2, 0) is 10.4 Å². The molecule has 120 valence electrons. The largest absolute Gasteiger partial charge is 0.375 e. The van der Waals surface area contributed by atoms with Gasteiger partial charge in [0.15, 0.2) is 11.4 Å². The molecule has 2 aromatic rings. The van der Waals surface area contributed by atoms with E-state index in [-0.39, 0.29) is 12.3 Å². The van der Waals surface area contributed by atoms with Crippen molar-refractivity contribution in [3.8, 4) is 12.3 Å². The van der Waals surface area contributed by atoms with E-state index in [0.717, 1.165) is 0 Å². The number of aliphatic hydroxyl groups is 1. The molecular formula is C20H17NO3. The monoisotopic (exact) mass is 319 g/mol. The van der Waals surface area contributed by atoms with Crippen molar-refractivity contribution in [1.82, 2.24) is 0 Å². The number of Topliss-reactive ketones (excluding diaryl/α,β-unsaturated/α-hetero) is 1. The van der Waals surface area contributed by atoms with Crippen LogP contribution in [-0.4, -0.2) is 23.3 Å². The molecule has 2 atom stereocenters. The first-order valence-corrected chi connectivity index (χ1v) is 7.68. The van der Waals surface area contributed by atoms with Crippen molar-refractivity contribution in [3.05, 3.63) is 65.7 Å². The third kappa shape index (κ3) is 2.22. The van der Waals surface area contributed by atoms with Crippen molar-refractivity contribution in [2.75, 3.05) is 11.4 Å². The first-order chi connectivity index (χ1) is 11.5. The number of amides is 1. The van der Waals surface area contributed by atoms with Crippen molar-refractivity contribution in [2.45, 2.75) is 12.5 Å². The highest BCUT2D eigenvalue weighted by Gasteiger charge is 2.55. The Hall–Kier alpha value is -2.90. The van der Waals surface area contributed by atoms with E-state index in [1.807, 2.05) is 0 Å². The molecule has 1 amide bonds. The Kier molecular flexibility index (Phi) is 3.96. The number of fused-ring (bicyclic) bond motifs is 1. The summed E-state index contributed by atoms with van der Waals surface area (Å²) in [6, 6.07) is 15.5. The molecule has 1 aliphatic heterocycles. The lowest BCUT2D eigenvalue weighted by molar-refractivity contribution is -0.139. The number of carbonyl (C=O) groups is 2. The molecule has 0 radical (unpaired) electrons. The second kappa shape index (κ2) is 5.95. The van der Waals surface area contributed by atoms with Gasteiger partial charge in [-0.1, -0.05) is 61.4 Å². The number of rotatable bonds is 4. The fourth-order valence-corrected chi connectivity index (χ4v) is 3.17. The van der Waals surface area contributed by atoms with Gasteiger partial charge in [0.05, 0.1) is 18.2 Å². The van der Waals surface area contributed by atoms with E-state index >= 15 is 0 Å². The molecule has 0 saturated carbocycles. The third-order valence-corrected chi connectivity index (χ3v) is 4.50. The standard InChI is InChI=1S/C20H17NO3/c1-3-13-21-17-12-8-7-11-16(17)20(24,19(21)23)14(2)18(22)15-9-5-4-6-10-15/h1,4-12,14,24H,13H2,2H3/t14-,20-/m1/s1. The highest BCUT2D eigenvalue weighted by molar-refractivity contribution is 6.11. The van der Waals surface area contributed by atoms with Gasteiger partial charge in [-0.15, -0.1) is 6.42 Å². The van der Waals surface area contributed by atoms with E-state index in [2.05, 4.69) is 5.92 Å². The summed E-state index contributed by atoms with van der Waals surface area (Å²) in [6.45, 7) is 1.62. The maximum atomic E-state index is 12.9. The summed E-state index contributed by atoms with van der Waals surface area (Å²) >= 11 is 0. The van der Waals surface area contributed by atoms with E-state index in [9.17, 15) is 14.7 Å². The molecule has 0 aromatic heterocycles. The minimum Gasteiger partial charge on any atom is -0.375 e. The van der Waals surface area contributed by atoms with Crippen LogP contribution in [0.5, 0.6) is 0 Å². The number of anilines is 1. The molecule has 0 fully saturated rings. The molecule has 1 heterocycles. The number of hydrogen-bond acceptors (Lipinski definition) is 3.